The lowest BCUT2D eigenvalue weighted by atomic mass is 10.1. The molecule has 1 aliphatic heterocycles. The average Bonchev–Trinajstić information content (AvgIpc) is 3.03. The van der Waals surface area contributed by atoms with Crippen LogP contribution in [0.2, 0.25) is 0 Å². The van der Waals surface area contributed by atoms with Crippen LogP contribution < -0.4 is 15.2 Å². The second-order valence-electron chi connectivity index (χ2n) is 6.54. The first kappa shape index (κ1) is 19.8. The van der Waals surface area contributed by atoms with Crippen LogP contribution in [-0.2, 0) is 16.2 Å². The Morgan fingerprint density at radius 2 is 1.73 bits per heavy atom. The van der Waals surface area contributed by atoms with Crippen molar-refractivity contribution in [1.82, 2.24) is 5.43 Å². The van der Waals surface area contributed by atoms with Gasteiger partial charge in [0.15, 0.2) is 0 Å². The van der Waals surface area contributed by atoms with Crippen molar-refractivity contribution >= 4 is 39.5 Å². The number of para-hydroxylation sites is 1. The van der Waals surface area contributed by atoms with Gasteiger partial charge >= 0.3 is 0 Å². The number of halogens is 2. The molecule has 0 bridgehead atoms. The fourth-order valence-electron chi connectivity index (χ4n) is 3.01. The summed E-state index contributed by atoms with van der Waals surface area (Å²) in [6.07, 6.45) is 1.47. The Bertz CT molecular complexity index is 1150. The Morgan fingerprint density at radius 1 is 1.00 bits per heavy atom. The van der Waals surface area contributed by atoms with Crippen LogP contribution in [0.1, 0.15) is 11.1 Å². The number of hydrazine groups is 1. The standard InChI is InChI=1S/C23H16BrFN2O3/c24-17-10-11-21(30-14-15-6-4-5-9-20(15)25)16(12-17)13-19-22(28)26-27(23(19)29)18-7-2-1-3-8-18/h1-13H,14H2,(H,26,28)/b19-13+. The van der Waals surface area contributed by atoms with E-state index in [-0.39, 0.29) is 18.0 Å². The fraction of sp³-hybridized carbons (Fsp3) is 0.0435. The van der Waals surface area contributed by atoms with Crippen LogP contribution >= 0.6 is 15.9 Å². The van der Waals surface area contributed by atoms with Gasteiger partial charge in [-0.05, 0) is 42.5 Å². The summed E-state index contributed by atoms with van der Waals surface area (Å²) in [6, 6.07) is 20.4. The highest BCUT2D eigenvalue weighted by Crippen LogP contribution is 2.29. The molecule has 4 rings (SSSR count). The normalized spacial score (nSPS) is 14.9. The summed E-state index contributed by atoms with van der Waals surface area (Å²) < 4.78 is 20.4. The molecule has 150 valence electrons. The summed E-state index contributed by atoms with van der Waals surface area (Å²) in [4.78, 5) is 25.3. The minimum Gasteiger partial charge on any atom is -0.488 e. The van der Waals surface area contributed by atoms with Gasteiger partial charge in [-0.25, -0.2) is 9.40 Å². The molecule has 0 atom stereocenters. The van der Waals surface area contributed by atoms with E-state index in [0.717, 1.165) is 4.47 Å². The number of hydrogen-bond donors (Lipinski definition) is 1. The van der Waals surface area contributed by atoms with Crippen LogP contribution in [0.5, 0.6) is 5.75 Å². The third-order valence-corrected chi connectivity index (χ3v) is 5.01. The Balaban J connectivity index is 1.63. The largest absolute Gasteiger partial charge is 0.488 e. The highest BCUT2D eigenvalue weighted by atomic mass is 79.9. The first-order chi connectivity index (χ1) is 14.5. The molecular formula is C23H16BrFN2O3. The number of amides is 2. The van der Waals surface area contributed by atoms with Gasteiger partial charge in [0, 0.05) is 15.6 Å². The van der Waals surface area contributed by atoms with Crippen molar-refractivity contribution in [3.63, 3.8) is 0 Å². The minimum atomic E-state index is -0.510. The van der Waals surface area contributed by atoms with E-state index in [1.165, 1.54) is 17.2 Å². The molecule has 1 aliphatic rings. The first-order valence-electron chi connectivity index (χ1n) is 9.11. The van der Waals surface area contributed by atoms with E-state index in [1.54, 1.807) is 60.7 Å². The van der Waals surface area contributed by atoms with E-state index < -0.39 is 11.8 Å². The minimum absolute atomic E-state index is 0.0146. The maximum Gasteiger partial charge on any atom is 0.282 e. The molecule has 3 aromatic carbocycles. The van der Waals surface area contributed by atoms with Crippen LogP contribution in [0.25, 0.3) is 6.08 Å². The summed E-state index contributed by atoms with van der Waals surface area (Å²) in [5, 5.41) is 1.20. The lowest BCUT2D eigenvalue weighted by Crippen LogP contribution is -2.35. The van der Waals surface area contributed by atoms with Gasteiger partial charge in [-0.3, -0.25) is 15.0 Å². The van der Waals surface area contributed by atoms with Crippen molar-refractivity contribution in [2.45, 2.75) is 6.61 Å². The van der Waals surface area contributed by atoms with Gasteiger partial charge in [0.05, 0.1) is 5.69 Å². The summed E-state index contributed by atoms with van der Waals surface area (Å²) >= 11 is 3.39. The molecule has 0 aliphatic carbocycles. The van der Waals surface area contributed by atoms with Gasteiger partial charge in [0.25, 0.3) is 11.8 Å². The third kappa shape index (κ3) is 4.11. The number of ether oxygens (including phenoxy) is 1. The van der Waals surface area contributed by atoms with E-state index in [9.17, 15) is 14.0 Å². The van der Waals surface area contributed by atoms with Crippen LogP contribution in [0.4, 0.5) is 10.1 Å². The van der Waals surface area contributed by atoms with Crippen molar-refractivity contribution in [2.24, 2.45) is 0 Å². The number of carbonyl (C=O) groups excluding carboxylic acids is 2. The molecule has 0 spiro atoms. The maximum absolute atomic E-state index is 13.9. The second kappa shape index (κ2) is 8.51. The van der Waals surface area contributed by atoms with E-state index in [1.807, 2.05) is 6.07 Å². The zero-order valence-corrected chi connectivity index (χ0v) is 17.2. The number of nitrogens with one attached hydrogen (secondary N) is 1. The molecule has 1 N–H and O–H groups in total. The topological polar surface area (TPSA) is 58.6 Å². The van der Waals surface area contributed by atoms with Gasteiger partial charge in [-0.1, -0.05) is 52.3 Å². The lowest BCUT2D eigenvalue weighted by Gasteiger charge is -2.14. The van der Waals surface area contributed by atoms with Gasteiger partial charge in [0.1, 0.15) is 23.7 Å². The predicted molar refractivity (Wildman–Crippen MR) is 115 cm³/mol. The highest BCUT2D eigenvalue weighted by molar-refractivity contribution is 9.10. The number of benzene rings is 3. The maximum atomic E-state index is 13.9. The summed E-state index contributed by atoms with van der Waals surface area (Å²) in [7, 11) is 0. The molecule has 0 aromatic heterocycles. The number of anilines is 1. The molecule has 1 heterocycles. The van der Waals surface area contributed by atoms with Crippen molar-refractivity contribution in [3.8, 4) is 5.75 Å². The smallest absolute Gasteiger partial charge is 0.282 e. The van der Waals surface area contributed by atoms with Crippen LogP contribution in [-0.4, -0.2) is 11.8 Å². The third-order valence-electron chi connectivity index (χ3n) is 4.52. The van der Waals surface area contributed by atoms with Gasteiger partial charge in [0.2, 0.25) is 0 Å². The van der Waals surface area contributed by atoms with Crippen molar-refractivity contribution < 1.29 is 18.7 Å². The fourth-order valence-corrected chi connectivity index (χ4v) is 3.39. The quantitative estimate of drug-likeness (QED) is 0.440. The Labute approximate surface area is 180 Å². The molecule has 0 unspecified atom stereocenters. The van der Waals surface area contributed by atoms with Crippen LogP contribution in [0.15, 0.2) is 82.8 Å². The van der Waals surface area contributed by atoms with E-state index in [2.05, 4.69) is 21.4 Å². The molecule has 0 radical (unpaired) electrons. The number of nitrogens with zero attached hydrogens (tertiary/aromatic N) is 1. The van der Waals surface area contributed by atoms with Crippen molar-refractivity contribution in [1.29, 1.82) is 0 Å². The summed E-state index contributed by atoms with van der Waals surface area (Å²) in [5.41, 5.74) is 4.03. The average molecular weight is 467 g/mol. The van der Waals surface area contributed by atoms with Crippen molar-refractivity contribution in [3.05, 3.63) is 99.8 Å². The lowest BCUT2D eigenvalue weighted by molar-refractivity contribution is -0.117. The monoisotopic (exact) mass is 466 g/mol. The van der Waals surface area contributed by atoms with E-state index in [0.29, 0.717) is 22.6 Å². The predicted octanol–water partition coefficient (Wildman–Crippen LogP) is 4.63. The SMILES string of the molecule is O=C1NN(c2ccccc2)C(=O)/C1=C/c1cc(Br)ccc1OCc1ccccc1F. The summed E-state index contributed by atoms with van der Waals surface area (Å²) in [6.45, 7) is 0.0146. The molecular weight excluding hydrogens is 451 g/mol. The highest BCUT2D eigenvalue weighted by Gasteiger charge is 2.34. The van der Waals surface area contributed by atoms with Crippen LogP contribution in [0, 0.1) is 5.82 Å². The Hall–Kier alpha value is -3.45. The van der Waals surface area contributed by atoms with Gasteiger partial charge in [-0.15, -0.1) is 0 Å². The zero-order chi connectivity index (χ0) is 21.1. The van der Waals surface area contributed by atoms with Gasteiger partial charge < -0.3 is 4.74 Å². The molecule has 7 heteroatoms. The van der Waals surface area contributed by atoms with Crippen LogP contribution in [0.3, 0.4) is 0 Å². The number of rotatable bonds is 5. The van der Waals surface area contributed by atoms with Crippen molar-refractivity contribution in [2.75, 3.05) is 5.01 Å². The molecule has 30 heavy (non-hydrogen) atoms. The van der Waals surface area contributed by atoms with E-state index in [4.69, 9.17) is 4.74 Å². The van der Waals surface area contributed by atoms with Gasteiger partial charge in [-0.2, -0.15) is 0 Å². The molecule has 1 fully saturated rings. The molecule has 0 saturated carbocycles. The first-order valence-corrected chi connectivity index (χ1v) is 9.90. The molecule has 3 aromatic rings. The number of hydrogen-bond acceptors (Lipinski definition) is 3. The Kier molecular flexibility index (Phi) is 5.63. The zero-order valence-electron chi connectivity index (χ0n) is 15.6. The van der Waals surface area contributed by atoms with E-state index >= 15 is 0 Å². The summed E-state index contributed by atoms with van der Waals surface area (Å²) in [5.74, 6) is -0.916. The molecule has 1 saturated heterocycles. The second-order valence-corrected chi connectivity index (χ2v) is 7.45. The molecule has 5 nitrogen and oxygen atoms in total. The Morgan fingerprint density at radius 3 is 2.50 bits per heavy atom. The molecule has 2 amide bonds. The number of carbonyl (C=O) groups is 2.